The standard InChI is InChI=1S/C24H24N2O2/c1-14-12-15(2)21(16(3)13-14)26-23(20-6-5-11-28-20)19-10-9-18-8-7-17(4)25-22(18)24(19)27/h5-13,23,26-27H,1-4H3. The summed E-state index contributed by atoms with van der Waals surface area (Å²) in [5, 5.41) is 15.6. The number of aromatic hydroxyl groups is 1. The van der Waals surface area contributed by atoms with Gasteiger partial charge in [0.25, 0.3) is 0 Å². The molecule has 0 radical (unpaired) electrons. The number of hydrogen-bond acceptors (Lipinski definition) is 4. The molecule has 2 aromatic carbocycles. The van der Waals surface area contributed by atoms with Crippen LogP contribution in [0.25, 0.3) is 10.9 Å². The summed E-state index contributed by atoms with van der Waals surface area (Å²) >= 11 is 0. The third kappa shape index (κ3) is 3.22. The second-order valence-electron chi connectivity index (χ2n) is 7.39. The predicted molar refractivity (Wildman–Crippen MR) is 113 cm³/mol. The lowest BCUT2D eigenvalue weighted by Crippen LogP contribution is -2.14. The molecule has 0 bridgehead atoms. The number of nitrogens with one attached hydrogen (secondary N) is 1. The van der Waals surface area contributed by atoms with Gasteiger partial charge in [-0.1, -0.05) is 35.9 Å². The van der Waals surface area contributed by atoms with Crippen molar-refractivity contribution in [3.63, 3.8) is 0 Å². The van der Waals surface area contributed by atoms with Crippen molar-refractivity contribution < 1.29 is 9.52 Å². The number of aryl methyl sites for hydroxylation is 4. The molecular formula is C24H24N2O2. The van der Waals surface area contributed by atoms with Gasteiger partial charge >= 0.3 is 0 Å². The van der Waals surface area contributed by atoms with E-state index >= 15 is 0 Å². The summed E-state index contributed by atoms with van der Waals surface area (Å²) in [5.41, 5.74) is 6.79. The van der Waals surface area contributed by atoms with Crippen LogP contribution in [0.2, 0.25) is 0 Å². The Morgan fingerprint density at radius 1 is 0.964 bits per heavy atom. The number of pyridine rings is 1. The molecule has 0 aliphatic heterocycles. The lowest BCUT2D eigenvalue weighted by molar-refractivity contribution is 0.458. The minimum atomic E-state index is -0.332. The molecule has 1 atom stereocenters. The number of phenols is 1. The number of phenolic OH excluding ortho intramolecular Hbond substituents is 1. The van der Waals surface area contributed by atoms with Crippen LogP contribution in [0.3, 0.4) is 0 Å². The quantitative estimate of drug-likeness (QED) is 0.463. The van der Waals surface area contributed by atoms with Gasteiger partial charge in [-0.05, 0) is 57.0 Å². The van der Waals surface area contributed by atoms with E-state index in [1.807, 2.05) is 43.3 Å². The van der Waals surface area contributed by atoms with Crippen LogP contribution >= 0.6 is 0 Å². The minimum absolute atomic E-state index is 0.178. The van der Waals surface area contributed by atoms with Gasteiger partial charge in [-0.3, -0.25) is 0 Å². The normalized spacial score (nSPS) is 12.3. The Kier molecular flexibility index (Phi) is 4.55. The molecule has 0 amide bonds. The Bertz CT molecular complexity index is 1120. The van der Waals surface area contributed by atoms with Crippen LogP contribution in [0.1, 0.15) is 39.7 Å². The first kappa shape index (κ1) is 18.1. The second kappa shape index (κ2) is 7.04. The third-order valence-electron chi connectivity index (χ3n) is 5.11. The summed E-state index contributed by atoms with van der Waals surface area (Å²) in [7, 11) is 0. The number of aromatic nitrogens is 1. The van der Waals surface area contributed by atoms with Gasteiger partial charge in [0.05, 0.1) is 6.26 Å². The summed E-state index contributed by atoms with van der Waals surface area (Å²) in [6.45, 7) is 8.20. The molecule has 2 aromatic heterocycles. The monoisotopic (exact) mass is 372 g/mol. The van der Waals surface area contributed by atoms with Crippen LogP contribution in [0.4, 0.5) is 5.69 Å². The highest BCUT2D eigenvalue weighted by molar-refractivity contribution is 5.86. The van der Waals surface area contributed by atoms with Gasteiger partial charge in [0, 0.05) is 22.3 Å². The predicted octanol–water partition coefficient (Wildman–Crippen LogP) is 5.97. The molecule has 4 heteroatoms. The molecule has 142 valence electrons. The van der Waals surface area contributed by atoms with Gasteiger partial charge in [-0.25, -0.2) is 4.98 Å². The average Bonchev–Trinajstić information content (AvgIpc) is 3.17. The molecule has 2 N–H and O–H groups in total. The van der Waals surface area contributed by atoms with Crippen LogP contribution in [0.15, 0.2) is 59.2 Å². The average molecular weight is 372 g/mol. The summed E-state index contributed by atoms with van der Waals surface area (Å²) in [6.07, 6.45) is 1.65. The fraction of sp³-hybridized carbons (Fsp3) is 0.208. The molecule has 4 aromatic rings. The Morgan fingerprint density at radius 2 is 1.68 bits per heavy atom. The summed E-state index contributed by atoms with van der Waals surface area (Å²) < 4.78 is 5.72. The van der Waals surface area contributed by atoms with Crippen molar-refractivity contribution in [2.24, 2.45) is 0 Å². The van der Waals surface area contributed by atoms with Crippen LogP contribution in [0, 0.1) is 27.7 Å². The molecule has 0 aliphatic rings. The van der Waals surface area contributed by atoms with E-state index in [0.717, 1.165) is 39.2 Å². The largest absolute Gasteiger partial charge is 0.505 e. The molecule has 4 nitrogen and oxygen atoms in total. The number of furan rings is 1. The smallest absolute Gasteiger partial charge is 0.147 e. The maximum Gasteiger partial charge on any atom is 0.147 e. The van der Waals surface area contributed by atoms with E-state index in [9.17, 15) is 5.11 Å². The van der Waals surface area contributed by atoms with Crippen molar-refractivity contribution in [2.75, 3.05) is 5.32 Å². The molecule has 4 rings (SSSR count). The third-order valence-corrected chi connectivity index (χ3v) is 5.11. The van der Waals surface area contributed by atoms with Crippen molar-refractivity contribution in [1.82, 2.24) is 4.98 Å². The zero-order chi connectivity index (χ0) is 19.8. The molecule has 0 saturated carbocycles. The Hall–Kier alpha value is -3.27. The van der Waals surface area contributed by atoms with Gasteiger partial charge < -0.3 is 14.8 Å². The summed E-state index contributed by atoms with van der Waals surface area (Å²) in [6, 6.07) is 15.6. The van der Waals surface area contributed by atoms with Gasteiger partial charge in [0.2, 0.25) is 0 Å². The minimum Gasteiger partial charge on any atom is -0.505 e. The Morgan fingerprint density at radius 3 is 2.36 bits per heavy atom. The van der Waals surface area contributed by atoms with E-state index in [1.54, 1.807) is 6.26 Å². The van der Waals surface area contributed by atoms with Crippen LogP contribution in [-0.4, -0.2) is 10.1 Å². The van der Waals surface area contributed by atoms with Gasteiger partial charge in [-0.2, -0.15) is 0 Å². The van der Waals surface area contributed by atoms with E-state index in [1.165, 1.54) is 5.56 Å². The number of anilines is 1. The number of fused-ring (bicyclic) bond motifs is 1. The lowest BCUT2D eigenvalue weighted by Gasteiger charge is -2.23. The topological polar surface area (TPSA) is 58.3 Å². The molecule has 1 unspecified atom stereocenters. The van der Waals surface area contributed by atoms with Crippen molar-refractivity contribution in [3.8, 4) is 5.75 Å². The maximum atomic E-state index is 11.1. The zero-order valence-corrected chi connectivity index (χ0v) is 16.6. The molecule has 28 heavy (non-hydrogen) atoms. The maximum absolute atomic E-state index is 11.1. The first-order chi connectivity index (χ1) is 13.4. The van der Waals surface area contributed by atoms with E-state index in [2.05, 4.69) is 43.2 Å². The Balaban J connectivity index is 1.87. The fourth-order valence-electron chi connectivity index (χ4n) is 3.83. The van der Waals surface area contributed by atoms with Crippen molar-refractivity contribution >= 4 is 16.6 Å². The zero-order valence-electron chi connectivity index (χ0n) is 16.6. The van der Waals surface area contributed by atoms with Gasteiger partial charge in [0.1, 0.15) is 23.1 Å². The van der Waals surface area contributed by atoms with Crippen LogP contribution in [0.5, 0.6) is 5.75 Å². The molecular weight excluding hydrogens is 348 g/mol. The van der Waals surface area contributed by atoms with Crippen molar-refractivity contribution in [2.45, 2.75) is 33.7 Å². The molecule has 0 saturated heterocycles. The molecule has 0 fully saturated rings. The summed E-state index contributed by atoms with van der Waals surface area (Å²) in [4.78, 5) is 4.54. The number of nitrogens with zero attached hydrogens (tertiary/aromatic N) is 1. The van der Waals surface area contributed by atoms with E-state index < -0.39 is 0 Å². The Labute approximate surface area is 164 Å². The van der Waals surface area contributed by atoms with E-state index in [4.69, 9.17) is 4.42 Å². The van der Waals surface area contributed by atoms with Crippen LogP contribution < -0.4 is 5.32 Å². The van der Waals surface area contributed by atoms with Gasteiger partial charge in [0.15, 0.2) is 0 Å². The molecule has 0 aliphatic carbocycles. The highest BCUT2D eigenvalue weighted by Crippen LogP contribution is 2.38. The SMILES string of the molecule is Cc1cc(C)c(NC(c2ccco2)c2ccc3ccc(C)nc3c2O)c(C)c1. The first-order valence-electron chi connectivity index (χ1n) is 9.41. The number of hydrogen-bond donors (Lipinski definition) is 2. The first-order valence-corrected chi connectivity index (χ1v) is 9.41. The highest BCUT2D eigenvalue weighted by atomic mass is 16.3. The lowest BCUT2D eigenvalue weighted by atomic mass is 9.98. The molecule has 2 heterocycles. The number of benzene rings is 2. The van der Waals surface area contributed by atoms with Crippen molar-refractivity contribution in [3.05, 3.63) is 88.5 Å². The molecule has 0 spiro atoms. The fourth-order valence-corrected chi connectivity index (χ4v) is 3.83. The number of rotatable bonds is 4. The second-order valence-corrected chi connectivity index (χ2v) is 7.39. The highest BCUT2D eigenvalue weighted by Gasteiger charge is 2.23. The van der Waals surface area contributed by atoms with Gasteiger partial charge in [-0.15, -0.1) is 0 Å². The van der Waals surface area contributed by atoms with Crippen molar-refractivity contribution in [1.29, 1.82) is 0 Å². The van der Waals surface area contributed by atoms with E-state index in [0.29, 0.717) is 5.52 Å². The van der Waals surface area contributed by atoms with E-state index in [-0.39, 0.29) is 11.8 Å². The van der Waals surface area contributed by atoms with Crippen LogP contribution in [-0.2, 0) is 0 Å². The summed E-state index contributed by atoms with van der Waals surface area (Å²) in [5.74, 6) is 0.916.